The summed E-state index contributed by atoms with van der Waals surface area (Å²) in [5.41, 5.74) is 7.43. The molecular weight excluding hydrogens is 936 g/mol. The third kappa shape index (κ3) is 16.1. The van der Waals surface area contributed by atoms with Crippen molar-refractivity contribution in [1.82, 2.24) is 20.6 Å². The third-order valence-electron chi connectivity index (χ3n) is 9.55. The molecule has 0 unspecified atom stereocenters. The molecule has 4 aromatic rings. The predicted octanol–water partition coefficient (Wildman–Crippen LogP) is 6.12. The maximum Gasteiger partial charge on any atom is 0.306 e. The molecule has 0 bridgehead atoms. The molecule has 2 aromatic heterocycles. The van der Waals surface area contributed by atoms with Gasteiger partial charge in [-0.1, -0.05) is 36.4 Å². The monoisotopic (exact) mass is 990 g/mol. The van der Waals surface area contributed by atoms with Crippen LogP contribution in [0.5, 0.6) is 23.5 Å². The van der Waals surface area contributed by atoms with Crippen LogP contribution in [0.2, 0.25) is 0 Å². The molecule has 2 atom stereocenters. The van der Waals surface area contributed by atoms with Crippen molar-refractivity contribution in [2.45, 2.75) is 78.0 Å². The Bertz CT molecular complexity index is 1930. The number of aliphatic carboxylic acids is 2. The topological polar surface area (TPSA) is 220 Å². The van der Waals surface area contributed by atoms with Gasteiger partial charge >= 0.3 is 11.9 Å². The van der Waals surface area contributed by atoms with E-state index >= 15 is 0 Å². The van der Waals surface area contributed by atoms with Gasteiger partial charge in [-0.25, -0.2) is 0 Å². The van der Waals surface area contributed by atoms with Gasteiger partial charge in [0.2, 0.25) is 23.5 Å². The highest BCUT2D eigenvalue weighted by Gasteiger charge is 2.19. The fraction of sp³-hybridized carbons (Fsp3) is 0.455. The van der Waals surface area contributed by atoms with Crippen LogP contribution in [0.3, 0.4) is 0 Å². The van der Waals surface area contributed by atoms with Crippen molar-refractivity contribution in [3.05, 3.63) is 90.9 Å². The number of carboxylic acids is 2. The summed E-state index contributed by atoms with van der Waals surface area (Å²) in [5, 5.41) is 44.1. The summed E-state index contributed by atoms with van der Waals surface area (Å²) in [7, 11) is 3.24. The van der Waals surface area contributed by atoms with E-state index in [4.69, 9.17) is 38.6 Å². The molecule has 0 fully saturated rings. The summed E-state index contributed by atoms with van der Waals surface area (Å²) in [6.07, 6.45) is -1.52. The Hall–Kier alpha value is -4.40. The number of aliphatic hydroxyl groups is 2. The fourth-order valence-corrected chi connectivity index (χ4v) is 7.25. The summed E-state index contributed by atoms with van der Waals surface area (Å²) in [5.74, 6) is -0.776. The van der Waals surface area contributed by atoms with Gasteiger partial charge in [-0.2, -0.15) is 9.97 Å². The summed E-state index contributed by atoms with van der Waals surface area (Å²) >= 11 is 7.19. The van der Waals surface area contributed by atoms with Gasteiger partial charge in [-0.3, -0.25) is 9.59 Å². The van der Waals surface area contributed by atoms with E-state index in [9.17, 15) is 19.8 Å². The van der Waals surface area contributed by atoms with Gasteiger partial charge in [0, 0.05) is 77.6 Å². The van der Waals surface area contributed by atoms with Crippen molar-refractivity contribution in [1.29, 1.82) is 0 Å². The Kier molecular flexibility index (Phi) is 21.3. The number of carbonyl (C=O) groups is 2. The molecule has 0 radical (unpaired) electrons. The number of rotatable bonds is 29. The highest BCUT2D eigenvalue weighted by atomic mass is 79.9. The molecule has 18 heteroatoms. The van der Waals surface area contributed by atoms with Gasteiger partial charge in [-0.05, 0) is 91.2 Å². The van der Waals surface area contributed by atoms with Crippen LogP contribution in [-0.2, 0) is 45.4 Å². The molecule has 2 heterocycles. The van der Waals surface area contributed by atoms with Gasteiger partial charge in [0.05, 0.1) is 47.2 Å². The molecule has 4 rings (SSSR count). The number of ether oxygens (including phenoxy) is 6. The number of pyridine rings is 2. The van der Waals surface area contributed by atoms with E-state index in [0.29, 0.717) is 82.9 Å². The maximum absolute atomic E-state index is 11.0. The summed E-state index contributed by atoms with van der Waals surface area (Å²) < 4.78 is 36.1. The predicted molar refractivity (Wildman–Crippen MR) is 238 cm³/mol. The number of aromatic nitrogens is 2. The van der Waals surface area contributed by atoms with Crippen molar-refractivity contribution in [3.63, 3.8) is 0 Å². The van der Waals surface area contributed by atoms with Crippen LogP contribution >= 0.6 is 31.9 Å². The van der Waals surface area contributed by atoms with Crippen molar-refractivity contribution in [2.24, 2.45) is 0 Å². The smallest absolute Gasteiger partial charge is 0.306 e. The molecule has 0 aliphatic rings. The lowest BCUT2D eigenvalue weighted by Crippen LogP contribution is -2.28. The number of nitrogens with one attached hydrogen (secondary N) is 2. The minimum absolute atomic E-state index is 0.0813. The van der Waals surface area contributed by atoms with Crippen molar-refractivity contribution in [2.75, 3.05) is 53.7 Å². The van der Waals surface area contributed by atoms with Crippen LogP contribution < -0.4 is 29.6 Å². The number of hydrogen-bond acceptors (Lipinski definition) is 14. The van der Waals surface area contributed by atoms with Crippen LogP contribution in [0.15, 0.2) is 57.5 Å². The van der Waals surface area contributed by atoms with Gasteiger partial charge in [0.25, 0.3) is 0 Å². The lowest BCUT2D eigenvalue weighted by atomic mass is 9.92. The first kappa shape index (κ1) is 50.2. The summed E-state index contributed by atoms with van der Waals surface area (Å²) in [6, 6.07) is 15.8. The quantitative estimate of drug-likeness (QED) is 0.0337. The first-order valence-corrected chi connectivity index (χ1v) is 21.7. The largest absolute Gasteiger partial charge is 0.481 e. The SMILES string of the molecule is COCCCOc1nc(OCc2cccc(-c3cccc(COc4nc(OCCCOC)c(CNC[C@@H](O)CC(=O)O)cc4Br)c3C)c2C)c(Br)cc1CNC[C@@H](O)CC(=O)O. The Morgan fingerprint density at radius 1 is 0.613 bits per heavy atom. The molecule has 16 nitrogen and oxygen atoms in total. The second-order valence-corrected chi connectivity index (χ2v) is 16.1. The zero-order chi connectivity index (χ0) is 45.0. The normalized spacial score (nSPS) is 12.2. The molecule has 0 saturated heterocycles. The number of hydrogen-bond donors (Lipinski definition) is 6. The van der Waals surface area contributed by atoms with E-state index < -0.39 is 24.1 Å². The molecular formula is C44H56Br2N4O12. The number of benzene rings is 2. The van der Waals surface area contributed by atoms with Crippen molar-refractivity contribution >= 4 is 43.8 Å². The zero-order valence-corrected chi connectivity index (χ0v) is 38.6. The average molecular weight is 993 g/mol. The van der Waals surface area contributed by atoms with E-state index in [0.717, 1.165) is 33.4 Å². The summed E-state index contributed by atoms with van der Waals surface area (Å²) in [4.78, 5) is 31.3. The van der Waals surface area contributed by atoms with Crippen LogP contribution in [0, 0.1) is 13.8 Å². The van der Waals surface area contributed by atoms with Gasteiger partial charge in [0.1, 0.15) is 13.2 Å². The number of carboxylic acid groups (broad SMARTS) is 2. The Morgan fingerprint density at radius 2 is 1.02 bits per heavy atom. The maximum atomic E-state index is 11.0. The molecule has 0 saturated carbocycles. The Balaban J connectivity index is 1.49. The second kappa shape index (κ2) is 26.3. The average Bonchev–Trinajstić information content (AvgIpc) is 3.22. The Morgan fingerprint density at radius 3 is 1.39 bits per heavy atom. The minimum atomic E-state index is -1.08. The standard InChI is InChI=1S/C44H56Br2N4O12/c1-27-29(25-61-43-37(45)17-31(21-47-23-33(51)19-39(53)54)41(49-43)59-15-7-13-57-3)9-5-11-35(27)36-12-6-10-30(28(36)2)26-62-44-38(46)18-32(22-48-24-34(52)20-40(55)56)42(50-44)60-16-8-14-58-4/h5-6,9-12,17-18,33-34,47-48,51-52H,7-8,13-16,19-26H2,1-4H3,(H,53,54)(H,55,56)/t33-,34-/m0/s1. The van der Waals surface area contributed by atoms with Gasteiger partial charge in [-0.15, -0.1) is 0 Å². The number of methoxy groups -OCH3 is 2. The molecule has 0 amide bonds. The fourth-order valence-electron chi connectivity index (χ4n) is 6.29. The number of nitrogens with zero attached hydrogens (tertiary/aromatic N) is 2. The third-order valence-corrected chi connectivity index (χ3v) is 10.7. The van der Waals surface area contributed by atoms with E-state index in [2.05, 4.69) is 78.4 Å². The second-order valence-electron chi connectivity index (χ2n) is 14.4. The Labute approximate surface area is 378 Å². The van der Waals surface area contributed by atoms with Crippen LogP contribution in [0.25, 0.3) is 11.1 Å². The van der Waals surface area contributed by atoms with E-state index in [1.54, 1.807) is 14.2 Å². The minimum Gasteiger partial charge on any atom is -0.481 e. The van der Waals surface area contributed by atoms with Crippen molar-refractivity contribution in [3.8, 4) is 34.6 Å². The van der Waals surface area contributed by atoms with Gasteiger partial charge in [0.15, 0.2) is 0 Å². The lowest BCUT2D eigenvalue weighted by molar-refractivity contribution is -0.140. The van der Waals surface area contributed by atoms with Gasteiger partial charge < -0.3 is 59.5 Å². The van der Waals surface area contributed by atoms with Crippen LogP contribution in [0.4, 0.5) is 0 Å². The molecule has 6 N–H and O–H groups in total. The molecule has 0 aliphatic carbocycles. The molecule has 0 aliphatic heterocycles. The van der Waals surface area contributed by atoms with Crippen molar-refractivity contribution < 1.29 is 58.4 Å². The molecule has 338 valence electrons. The zero-order valence-electron chi connectivity index (χ0n) is 35.4. The van der Waals surface area contributed by atoms with Crippen LogP contribution in [0.1, 0.15) is 59.1 Å². The summed E-state index contributed by atoms with van der Waals surface area (Å²) in [6.45, 7) is 7.01. The van der Waals surface area contributed by atoms with E-state index in [1.165, 1.54) is 0 Å². The van der Waals surface area contributed by atoms with E-state index in [-0.39, 0.29) is 52.2 Å². The van der Waals surface area contributed by atoms with Crippen LogP contribution in [-0.4, -0.2) is 108 Å². The number of aliphatic hydroxyl groups excluding tert-OH is 2. The highest BCUT2D eigenvalue weighted by molar-refractivity contribution is 9.10. The number of halogens is 2. The highest BCUT2D eigenvalue weighted by Crippen LogP contribution is 2.35. The molecule has 2 aromatic carbocycles. The molecule has 0 spiro atoms. The van der Waals surface area contributed by atoms with E-state index in [1.807, 2.05) is 36.4 Å². The first-order valence-electron chi connectivity index (χ1n) is 20.1. The first-order chi connectivity index (χ1) is 29.8. The lowest BCUT2D eigenvalue weighted by Gasteiger charge is -2.18. The molecule has 62 heavy (non-hydrogen) atoms.